The third-order valence-electron chi connectivity index (χ3n) is 4.50. The van der Waals surface area contributed by atoms with Crippen molar-refractivity contribution in [3.8, 4) is 11.1 Å². The van der Waals surface area contributed by atoms with Gasteiger partial charge in [0.25, 0.3) is 0 Å². The van der Waals surface area contributed by atoms with E-state index in [0.29, 0.717) is 30.1 Å². The summed E-state index contributed by atoms with van der Waals surface area (Å²) in [5.74, 6) is -0.410. The van der Waals surface area contributed by atoms with Crippen LogP contribution in [0.1, 0.15) is 12.0 Å². The first-order valence-corrected chi connectivity index (χ1v) is 9.73. The number of benzene rings is 2. The van der Waals surface area contributed by atoms with E-state index in [-0.39, 0.29) is 11.0 Å². The van der Waals surface area contributed by atoms with Crippen molar-refractivity contribution < 1.29 is 17.5 Å². The molecule has 0 aliphatic carbocycles. The van der Waals surface area contributed by atoms with Gasteiger partial charge in [0.2, 0.25) is 10.0 Å². The highest BCUT2D eigenvalue weighted by Crippen LogP contribution is 2.33. The normalized spacial score (nSPS) is 18.6. The maximum absolute atomic E-state index is 13.2. The molecule has 1 unspecified atom stereocenters. The Bertz CT molecular complexity index is 901. The van der Waals surface area contributed by atoms with Gasteiger partial charge in [-0.2, -0.15) is 4.31 Å². The molecule has 0 spiro atoms. The van der Waals surface area contributed by atoms with Crippen molar-refractivity contribution in [2.24, 2.45) is 0 Å². The van der Waals surface area contributed by atoms with Crippen molar-refractivity contribution in [1.82, 2.24) is 4.31 Å². The Hall–Kier alpha value is -1.47. The van der Waals surface area contributed by atoms with Gasteiger partial charge in [0.1, 0.15) is 5.82 Å². The van der Waals surface area contributed by atoms with Gasteiger partial charge in [0.05, 0.1) is 16.0 Å². The molecule has 1 aliphatic heterocycles. The molecule has 0 radical (unpaired) electrons. The van der Waals surface area contributed by atoms with E-state index >= 15 is 0 Å². The fourth-order valence-corrected chi connectivity index (χ4v) is 4.91. The number of methoxy groups -OCH3 is 1. The molecule has 0 bridgehead atoms. The second kappa shape index (κ2) is 7.03. The highest BCUT2D eigenvalue weighted by atomic mass is 35.5. The molecule has 0 N–H and O–H groups in total. The third-order valence-corrected chi connectivity index (χ3v) is 6.67. The van der Waals surface area contributed by atoms with Crippen LogP contribution in [0.15, 0.2) is 41.3 Å². The van der Waals surface area contributed by atoms with Crippen molar-refractivity contribution in [1.29, 1.82) is 0 Å². The van der Waals surface area contributed by atoms with Crippen LogP contribution in [0.2, 0.25) is 5.02 Å². The van der Waals surface area contributed by atoms with E-state index < -0.39 is 15.8 Å². The smallest absolute Gasteiger partial charge is 0.243 e. The van der Waals surface area contributed by atoms with Gasteiger partial charge in [-0.15, -0.1) is 0 Å². The van der Waals surface area contributed by atoms with Crippen molar-refractivity contribution >= 4 is 21.6 Å². The number of hydrogen-bond acceptors (Lipinski definition) is 3. The van der Waals surface area contributed by atoms with Gasteiger partial charge in [-0.25, -0.2) is 12.8 Å². The second-order valence-electron chi connectivity index (χ2n) is 6.11. The maximum atomic E-state index is 13.2. The number of halogens is 2. The minimum Gasteiger partial charge on any atom is -0.380 e. The van der Waals surface area contributed by atoms with Gasteiger partial charge in [-0.3, -0.25) is 0 Å². The molecular formula is C18H19ClFNO3S. The van der Waals surface area contributed by atoms with Crippen LogP contribution in [0.4, 0.5) is 4.39 Å². The molecule has 1 aliphatic rings. The fraction of sp³-hybridized carbons (Fsp3) is 0.333. The van der Waals surface area contributed by atoms with Crippen LogP contribution in [-0.4, -0.2) is 39.0 Å². The largest absolute Gasteiger partial charge is 0.380 e. The zero-order valence-electron chi connectivity index (χ0n) is 14.0. The molecule has 4 nitrogen and oxygen atoms in total. The molecule has 1 fully saturated rings. The number of nitrogens with zero attached hydrogens (tertiary/aromatic N) is 1. The molecule has 0 amide bonds. The minimum absolute atomic E-state index is 0.0619. The molecular weight excluding hydrogens is 365 g/mol. The van der Waals surface area contributed by atoms with Gasteiger partial charge in [0, 0.05) is 25.8 Å². The SMILES string of the molecule is COC1CCN(S(=O)(=O)c2ccc(-c3ccc(F)cc3Cl)c(C)c2)C1. The average Bonchev–Trinajstić information content (AvgIpc) is 3.05. The molecule has 2 aromatic rings. The minimum atomic E-state index is -3.56. The Morgan fingerprint density at radius 3 is 2.52 bits per heavy atom. The van der Waals surface area contributed by atoms with Crippen molar-refractivity contribution in [2.75, 3.05) is 20.2 Å². The van der Waals surface area contributed by atoms with Crippen LogP contribution in [0.25, 0.3) is 11.1 Å². The molecule has 1 heterocycles. The quantitative estimate of drug-likeness (QED) is 0.805. The van der Waals surface area contributed by atoms with Crippen LogP contribution in [0.3, 0.4) is 0 Å². The lowest BCUT2D eigenvalue weighted by Gasteiger charge is -2.17. The summed E-state index contributed by atoms with van der Waals surface area (Å²) in [5, 5.41) is 0.293. The summed E-state index contributed by atoms with van der Waals surface area (Å²) in [6.45, 7) is 2.63. The molecule has 25 heavy (non-hydrogen) atoms. The monoisotopic (exact) mass is 383 g/mol. The summed E-state index contributed by atoms with van der Waals surface area (Å²) in [6, 6.07) is 9.08. The van der Waals surface area contributed by atoms with Crippen LogP contribution >= 0.6 is 11.6 Å². The zero-order chi connectivity index (χ0) is 18.2. The first-order chi connectivity index (χ1) is 11.8. The summed E-state index contributed by atoms with van der Waals surface area (Å²) in [7, 11) is -1.97. The van der Waals surface area contributed by atoms with E-state index in [9.17, 15) is 12.8 Å². The number of ether oxygens (including phenoxy) is 1. The summed E-state index contributed by atoms with van der Waals surface area (Å²) >= 11 is 6.12. The van der Waals surface area contributed by atoms with Gasteiger partial charge in [-0.05, 0) is 54.8 Å². The van der Waals surface area contributed by atoms with Crippen LogP contribution in [0.5, 0.6) is 0 Å². The fourth-order valence-electron chi connectivity index (χ4n) is 3.06. The summed E-state index contributed by atoms with van der Waals surface area (Å²) in [6.07, 6.45) is 0.631. The first kappa shape index (κ1) is 18.3. The van der Waals surface area contributed by atoms with E-state index in [1.54, 1.807) is 31.4 Å². The van der Waals surface area contributed by atoms with Crippen LogP contribution in [0, 0.1) is 12.7 Å². The van der Waals surface area contributed by atoms with Gasteiger partial charge in [-0.1, -0.05) is 17.7 Å². The molecule has 2 aromatic carbocycles. The lowest BCUT2D eigenvalue weighted by atomic mass is 10.0. The molecule has 7 heteroatoms. The molecule has 0 aromatic heterocycles. The Morgan fingerprint density at radius 2 is 1.92 bits per heavy atom. The third kappa shape index (κ3) is 3.58. The van der Waals surface area contributed by atoms with E-state index in [4.69, 9.17) is 16.3 Å². The maximum Gasteiger partial charge on any atom is 0.243 e. The van der Waals surface area contributed by atoms with Crippen molar-refractivity contribution in [2.45, 2.75) is 24.3 Å². The average molecular weight is 384 g/mol. The Labute approximate surface area is 152 Å². The highest BCUT2D eigenvalue weighted by molar-refractivity contribution is 7.89. The first-order valence-electron chi connectivity index (χ1n) is 7.92. The van der Waals surface area contributed by atoms with Gasteiger partial charge >= 0.3 is 0 Å². The molecule has 134 valence electrons. The number of aryl methyl sites for hydroxylation is 1. The van der Waals surface area contributed by atoms with E-state index in [1.807, 2.05) is 6.92 Å². The topological polar surface area (TPSA) is 46.6 Å². The van der Waals surface area contributed by atoms with E-state index in [1.165, 1.54) is 16.4 Å². The summed E-state index contributed by atoms with van der Waals surface area (Å²) in [4.78, 5) is 0.240. The van der Waals surface area contributed by atoms with Crippen molar-refractivity contribution in [3.05, 3.63) is 52.8 Å². The summed E-state index contributed by atoms with van der Waals surface area (Å²) < 4.78 is 45.5. The number of hydrogen-bond donors (Lipinski definition) is 0. The molecule has 3 rings (SSSR count). The van der Waals surface area contributed by atoms with Crippen molar-refractivity contribution in [3.63, 3.8) is 0 Å². The highest BCUT2D eigenvalue weighted by Gasteiger charge is 2.32. The second-order valence-corrected chi connectivity index (χ2v) is 8.46. The predicted octanol–water partition coefficient (Wildman–Crippen LogP) is 3.86. The standard InChI is InChI=1S/C18H19ClFNO3S/c1-12-9-15(25(22,23)21-8-7-14(11-21)24-2)4-6-16(12)17-5-3-13(20)10-18(17)19/h3-6,9-10,14H,7-8,11H2,1-2H3. The van der Waals surface area contributed by atoms with Gasteiger partial charge < -0.3 is 4.74 Å². The number of rotatable bonds is 4. The molecule has 1 saturated heterocycles. The lowest BCUT2D eigenvalue weighted by Crippen LogP contribution is -2.30. The Balaban J connectivity index is 1.94. The molecule has 1 atom stereocenters. The Morgan fingerprint density at radius 1 is 1.20 bits per heavy atom. The van der Waals surface area contributed by atoms with E-state index in [0.717, 1.165) is 11.1 Å². The zero-order valence-corrected chi connectivity index (χ0v) is 15.6. The van der Waals surface area contributed by atoms with Crippen LogP contribution in [-0.2, 0) is 14.8 Å². The Kier molecular flexibility index (Phi) is 5.16. The predicted molar refractivity (Wildman–Crippen MR) is 95.8 cm³/mol. The van der Waals surface area contributed by atoms with Gasteiger partial charge in [0.15, 0.2) is 0 Å². The summed E-state index contributed by atoms with van der Waals surface area (Å²) in [5.41, 5.74) is 2.21. The lowest BCUT2D eigenvalue weighted by molar-refractivity contribution is 0.115. The number of sulfonamides is 1. The molecule has 0 saturated carbocycles. The van der Waals surface area contributed by atoms with Crippen LogP contribution < -0.4 is 0 Å². The van der Waals surface area contributed by atoms with E-state index in [2.05, 4.69) is 0 Å².